The fourth-order valence-electron chi connectivity index (χ4n) is 1.93. The lowest BCUT2D eigenvalue weighted by molar-refractivity contribution is -0.136. The number of nitrogens with two attached hydrogens (primary N) is 1. The number of hydrogen-bond acceptors (Lipinski definition) is 3. The number of methoxy groups -OCH3 is 1. The van der Waals surface area contributed by atoms with Gasteiger partial charge in [0.1, 0.15) is 5.75 Å². The van der Waals surface area contributed by atoms with Crippen molar-refractivity contribution in [2.75, 3.05) is 18.2 Å². The number of benzene rings is 2. The average molecular weight is 296 g/mol. The van der Waals surface area contributed by atoms with Gasteiger partial charge < -0.3 is 15.8 Å². The first kappa shape index (κ1) is 15.0. The molecule has 0 atom stereocenters. The smallest absolute Gasteiger partial charge is 0.418 e. The Labute approximate surface area is 120 Å². The zero-order chi connectivity index (χ0) is 15.5. The summed E-state index contributed by atoms with van der Waals surface area (Å²) in [6, 6.07) is 10.8. The summed E-state index contributed by atoms with van der Waals surface area (Å²) in [6.07, 6.45) is -4.45. The minimum absolute atomic E-state index is 0.000445. The van der Waals surface area contributed by atoms with Crippen LogP contribution in [0.2, 0.25) is 0 Å². The fourth-order valence-corrected chi connectivity index (χ4v) is 1.93. The quantitative estimate of drug-likeness (QED) is 0.841. The molecule has 0 radical (unpaired) electrons. The topological polar surface area (TPSA) is 47.3 Å². The fraction of sp³-hybridized carbons (Fsp3) is 0.200. The number of nitrogens with one attached hydrogen (secondary N) is 1. The summed E-state index contributed by atoms with van der Waals surface area (Å²) in [4.78, 5) is 0. The lowest BCUT2D eigenvalue weighted by atomic mass is 10.1. The standard InChI is InChI=1S/C15H15F3N2O/c1-21-12-4-2-3-10(7-12)9-20-14-6-5-11(19)8-13(14)15(16,17)18/h2-8,20H,9,19H2,1H3. The lowest BCUT2D eigenvalue weighted by Crippen LogP contribution is -2.11. The molecule has 3 nitrogen and oxygen atoms in total. The van der Waals surface area contributed by atoms with Crippen molar-refractivity contribution < 1.29 is 17.9 Å². The molecule has 0 aliphatic heterocycles. The van der Waals surface area contributed by atoms with Gasteiger partial charge in [0.25, 0.3) is 0 Å². The summed E-state index contributed by atoms with van der Waals surface area (Å²) < 4.78 is 43.9. The lowest BCUT2D eigenvalue weighted by Gasteiger charge is -2.15. The maximum atomic E-state index is 13.0. The van der Waals surface area contributed by atoms with Crippen molar-refractivity contribution in [2.24, 2.45) is 0 Å². The first-order chi connectivity index (χ1) is 9.90. The SMILES string of the molecule is COc1cccc(CNc2ccc(N)cc2C(F)(F)F)c1. The molecule has 0 saturated carbocycles. The van der Waals surface area contributed by atoms with Crippen molar-refractivity contribution in [1.29, 1.82) is 0 Å². The van der Waals surface area contributed by atoms with Crippen molar-refractivity contribution in [1.82, 2.24) is 0 Å². The molecule has 0 aromatic heterocycles. The number of hydrogen-bond donors (Lipinski definition) is 2. The highest BCUT2D eigenvalue weighted by molar-refractivity contribution is 5.59. The van der Waals surface area contributed by atoms with Gasteiger partial charge in [-0.05, 0) is 35.9 Å². The van der Waals surface area contributed by atoms with E-state index in [0.29, 0.717) is 5.75 Å². The van der Waals surface area contributed by atoms with Crippen LogP contribution in [0.5, 0.6) is 5.75 Å². The summed E-state index contributed by atoms with van der Waals surface area (Å²) in [6.45, 7) is 0.254. The monoisotopic (exact) mass is 296 g/mol. The summed E-state index contributed by atoms with van der Waals surface area (Å²) in [5.41, 5.74) is 5.55. The zero-order valence-corrected chi connectivity index (χ0v) is 11.4. The highest BCUT2D eigenvalue weighted by Gasteiger charge is 2.33. The molecule has 0 aliphatic rings. The number of rotatable bonds is 4. The molecule has 0 saturated heterocycles. The van der Waals surface area contributed by atoms with Gasteiger partial charge in [-0.1, -0.05) is 12.1 Å². The minimum Gasteiger partial charge on any atom is -0.497 e. The minimum atomic E-state index is -4.45. The van der Waals surface area contributed by atoms with E-state index in [9.17, 15) is 13.2 Å². The molecule has 0 bridgehead atoms. The van der Waals surface area contributed by atoms with E-state index in [1.165, 1.54) is 19.2 Å². The van der Waals surface area contributed by atoms with Gasteiger partial charge in [-0.3, -0.25) is 0 Å². The Morgan fingerprint density at radius 3 is 2.57 bits per heavy atom. The van der Waals surface area contributed by atoms with Crippen LogP contribution in [0.3, 0.4) is 0 Å². The van der Waals surface area contributed by atoms with Crippen molar-refractivity contribution in [3.05, 3.63) is 53.6 Å². The molecule has 112 valence electrons. The normalized spacial score (nSPS) is 11.2. The van der Waals surface area contributed by atoms with Crippen LogP contribution in [-0.4, -0.2) is 7.11 Å². The Kier molecular flexibility index (Phi) is 4.26. The third kappa shape index (κ3) is 3.81. The molecule has 0 spiro atoms. The Hall–Kier alpha value is -2.37. The molecule has 2 aromatic rings. The van der Waals surface area contributed by atoms with Gasteiger partial charge >= 0.3 is 6.18 Å². The van der Waals surface area contributed by atoms with Crippen molar-refractivity contribution in [3.63, 3.8) is 0 Å². The second-order valence-electron chi connectivity index (χ2n) is 4.51. The highest BCUT2D eigenvalue weighted by atomic mass is 19.4. The third-order valence-corrected chi connectivity index (χ3v) is 2.97. The predicted octanol–water partition coefficient (Wildman–Crippen LogP) is 3.91. The second kappa shape index (κ2) is 5.95. The van der Waals surface area contributed by atoms with Gasteiger partial charge in [-0.2, -0.15) is 13.2 Å². The number of alkyl halides is 3. The van der Waals surface area contributed by atoms with Crippen LogP contribution in [0, 0.1) is 0 Å². The first-order valence-electron chi connectivity index (χ1n) is 6.23. The summed E-state index contributed by atoms with van der Waals surface area (Å²) >= 11 is 0. The highest BCUT2D eigenvalue weighted by Crippen LogP contribution is 2.36. The van der Waals surface area contributed by atoms with Gasteiger partial charge in [0.2, 0.25) is 0 Å². The molecule has 0 amide bonds. The Balaban J connectivity index is 2.20. The van der Waals surface area contributed by atoms with Crippen molar-refractivity contribution in [2.45, 2.75) is 12.7 Å². The van der Waals surface area contributed by atoms with E-state index in [2.05, 4.69) is 5.32 Å². The van der Waals surface area contributed by atoms with Gasteiger partial charge in [0.15, 0.2) is 0 Å². The maximum Gasteiger partial charge on any atom is 0.418 e. The van der Waals surface area contributed by atoms with E-state index < -0.39 is 11.7 Å². The van der Waals surface area contributed by atoms with E-state index in [-0.39, 0.29) is 17.9 Å². The van der Waals surface area contributed by atoms with Crippen molar-refractivity contribution >= 4 is 11.4 Å². The molecule has 0 fully saturated rings. The number of halogens is 3. The van der Waals surface area contributed by atoms with Crippen LogP contribution in [-0.2, 0) is 12.7 Å². The maximum absolute atomic E-state index is 13.0. The van der Waals surface area contributed by atoms with Gasteiger partial charge in [-0.25, -0.2) is 0 Å². The van der Waals surface area contributed by atoms with Crippen LogP contribution in [0.25, 0.3) is 0 Å². The molecule has 2 aromatic carbocycles. The average Bonchev–Trinajstić information content (AvgIpc) is 2.45. The molecule has 21 heavy (non-hydrogen) atoms. The molecule has 2 rings (SSSR count). The Morgan fingerprint density at radius 2 is 1.90 bits per heavy atom. The molecule has 6 heteroatoms. The molecule has 0 heterocycles. The Morgan fingerprint density at radius 1 is 1.14 bits per heavy atom. The van der Waals surface area contributed by atoms with Crippen molar-refractivity contribution in [3.8, 4) is 5.75 Å². The molecule has 0 unspecified atom stereocenters. The largest absolute Gasteiger partial charge is 0.497 e. The van der Waals surface area contributed by atoms with Gasteiger partial charge in [-0.15, -0.1) is 0 Å². The van der Waals surface area contributed by atoms with E-state index in [0.717, 1.165) is 11.6 Å². The van der Waals surface area contributed by atoms with E-state index in [4.69, 9.17) is 10.5 Å². The number of nitrogen functional groups attached to an aromatic ring is 1. The molecule has 0 aliphatic carbocycles. The molecule has 3 N–H and O–H groups in total. The van der Waals surface area contributed by atoms with Gasteiger partial charge in [0, 0.05) is 17.9 Å². The van der Waals surface area contributed by atoms with Crippen LogP contribution < -0.4 is 15.8 Å². The summed E-state index contributed by atoms with van der Waals surface area (Å²) in [5, 5.41) is 2.78. The number of ether oxygens (including phenoxy) is 1. The van der Waals surface area contributed by atoms with Crippen LogP contribution in [0.1, 0.15) is 11.1 Å². The van der Waals surface area contributed by atoms with Crippen LogP contribution in [0.4, 0.5) is 24.5 Å². The molecular weight excluding hydrogens is 281 g/mol. The van der Waals surface area contributed by atoms with Gasteiger partial charge in [0.05, 0.1) is 12.7 Å². The van der Waals surface area contributed by atoms with Crippen LogP contribution >= 0.6 is 0 Å². The first-order valence-corrected chi connectivity index (χ1v) is 6.23. The van der Waals surface area contributed by atoms with Crippen LogP contribution in [0.15, 0.2) is 42.5 Å². The predicted molar refractivity (Wildman–Crippen MR) is 76.2 cm³/mol. The van der Waals surface area contributed by atoms with E-state index >= 15 is 0 Å². The Bertz CT molecular complexity index is 627. The summed E-state index contributed by atoms with van der Waals surface area (Å²) in [7, 11) is 1.54. The van der Waals surface area contributed by atoms with E-state index in [1.807, 2.05) is 0 Å². The number of anilines is 2. The van der Waals surface area contributed by atoms with E-state index in [1.54, 1.807) is 24.3 Å². The zero-order valence-electron chi connectivity index (χ0n) is 11.4. The second-order valence-corrected chi connectivity index (χ2v) is 4.51. The molecular formula is C15H15F3N2O. The third-order valence-electron chi connectivity index (χ3n) is 2.97. The summed E-state index contributed by atoms with van der Waals surface area (Å²) in [5.74, 6) is 0.655.